The lowest BCUT2D eigenvalue weighted by atomic mass is 9.73. The standard InChI is InChI=1S/C32H42N4O3/c1-4-19-34-28(37)25-22-32(26-15-9-8-14-24(25)26)17-20-36(21-18-32)29(38)27(35-30(39)31(2,3)33)16-10-13-23-11-6-5-7-12-23/h4-9,11-12,14-15,25,27H,1,10,13,16-22,33H2,2-3H3,(H,34,37)(H,35,39)/t25-,27-/m1/s1. The summed E-state index contributed by atoms with van der Waals surface area (Å²) in [6.07, 6.45) is 6.17. The summed E-state index contributed by atoms with van der Waals surface area (Å²) in [6, 6.07) is 17.8. The highest BCUT2D eigenvalue weighted by atomic mass is 16.2. The van der Waals surface area contributed by atoms with Gasteiger partial charge < -0.3 is 21.3 Å². The Kier molecular flexibility index (Phi) is 8.90. The zero-order chi connectivity index (χ0) is 28.0. The van der Waals surface area contributed by atoms with Gasteiger partial charge in [0.25, 0.3) is 0 Å². The Labute approximate surface area is 232 Å². The molecule has 2 aromatic carbocycles. The van der Waals surface area contributed by atoms with E-state index in [-0.39, 0.29) is 29.1 Å². The highest BCUT2D eigenvalue weighted by Gasteiger charge is 2.48. The Morgan fingerprint density at radius 1 is 1.10 bits per heavy atom. The van der Waals surface area contributed by atoms with Crippen molar-refractivity contribution in [2.45, 2.75) is 75.3 Å². The van der Waals surface area contributed by atoms with Crippen molar-refractivity contribution in [2.75, 3.05) is 19.6 Å². The van der Waals surface area contributed by atoms with E-state index in [2.05, 4.69) is 41.5 Å². The summed E-state index contributed by atoms with van der Waals surface area (Å²) in [5.41, 5.74) is 8.37. The molecule has 4 rings (SSSR count). The molecule has 0 saturated carbocycles. The van der Waals surface area contributed by atoms with Crippen molar-refractivity contribution in [1.82, 2.24) is 15.5 Å². The number of fused-ring (bicyclic) bond motifs is 2. The number of rotatable bonds is 10. The van der Waals surface area contributed by atoms with E-state index in [1.54, 1.807) is 19.9 Å². The number of amides is 3. The largest absolute Gasteiger partial charge is 0.352 e. The van der Waals surface area contributed by atoms with Gasteiger partial charge in [0.2, 0.25) is 17.7 Å². The van der Waals surface area contributed by atoms with Crippen LogP contribution in [0.1, 0.15) is 68.6 Å². The zero-order valence-electron chi connectivity index (χ0n) is 23.2. The number of nitrogens with two attached hydrogens (primary N) is 1. The van der Waals surface area contributed by atoms with Gasteiger partial charge in [-0.05, 0) is 69.1 Å². The topological polar surface area (TPSA) is 105 Å². The van der Waals surface area contributed by atoms with E-state index in [1.807, 2.05) is 35.2 Å². The molecule has 7 nitrogen and oxygen atoms in total. The lowest BCUT2D eigenvalue weighted by Crippen LogP contribution is -2.57. The van der Waals surface area contributed by atoms with E-state index in [9.17, 15) is 14.4 Å². The lowest BCUT2D eigenvalue weighted by Gasteiger charge is -2.41. The number of hydrogen-bond acceptors (Lipinski definition) is 4. The molecule has 1 aliphatic carbocycles. The second-order valence-electron chi connectivity index (χ2n) is 11.6. The summed E-state index contributed by atoms with van der Waals surface area (Å²) in [5.74, 6) is -0.544. The minimum absolute atomic E-state index is 0.0309. The molecule has 1 fully saturated rings. The van der Waals surface area contributed by atoms with Crippen LogP contribution in [0.3, 0.4) is 0 Å². The zero-order valence-corrected chi connectivity index (χ0v) is 23.2. The first-order valence-electron chi connectivity index (χ1n) is 14.1. The van der Waals surface area contributed by atoms with Crippen molar-refractivity contribution in [1.29, 1.82) is 0 Å². The van der Waals surface area contributed by atoms with Crippen LogP contribution >= 0.6 is 0 Å². The molecule has 39 heavy (non-hydrogen) atoms. The molecule has 3 amide bonds. The van der Waals surface area contributed by atoms with Gasteiger partial charge in [0.05, 0.1) is 11.5 Å². The highest BCUT2D eigenvalue weighted by Crippen LogP contribution is 2.51. The van der Waals surface area contributed by atoms with E-state index >= 15 is 0 Å². The number of carbonyl (C=O) groups is 3. The van der Waals surface area contributed by atoms with Gasteiger partial charge in [-0.1, -0.05) is 60.7 Å². The number of benzene rings is 2. The molecule has 0 aromatic heterocycles. The molecule has 0 radical (unpaired) electrons. The van der Waals surface area contributed by atoms with Crippen LogP contribution in [-0.4, -0.2) is 53.8 Å². The van der Waals surface area contributed by atoms with Gasteiger partial charge in [0.1, 0.15) is 6.04 Å². The van der Waals surface area contributed by atoms with Gasteiger partial charge in [-0.2, -0.15) is 0 Å². The van der Waals surface area contributed by atoms with Crippen LogP contribution in [0.2, 0.25) is 0 Å². The fourth-order valence-electron chi connectivity index (χ4n) is 6.03. The predicted octanol–water partition coefficient (Wildman–Crippen LogP) is 3.58. The van der Waals surface area contributed by atoms with Crippen LogP contribution in [0.25, 0.3) is 0 Å². The number of carbonyl (C=O) groups excluding carboxylic acids is 3. The molecule has 4 N–H and O–H groups in total. The molecule has 2 atom stereocenters. The van der Waals surface area contributed by atoms with Crippen LogP contribution in [-0.2, 0) is 26.2 Å². The molecule has 1 aliphatic heterocycles. The molecular formula is C32H42N4O3. The minimum atomic E-state index is -1.07. The van der Waals surface area contributed by atoms with E-state index in [1.165, 1.54) is 11.1 Å². The van der Waals surface area contributed by atoms with Gasteiger partial charge in [-0.3, -0.25) is 14.4 Å². The van der Waals surface area contributed by atoms with Gasteiger partial charge >= 0.3 is 0 Å². The number of piperidine rings is 1. The first-order chi connectivity index (χ1) is 18.6. The Morgan fingerprint density at radius 3 is 2.44 bits per heavy atom. The van der Waals surface area contributed by atoms with Gasteiger partial charge in [-0.15, -0.1) is 6.58 Å². The summed E-state index contributed by atoms with van der Waals surface area (Å²) in [5, 5.41) is 5.91. The van der Waals surface area contributed by atoms with Crippen molar-refractivity contribution >= 4 is 17.7 Å². The molecule has 0 bridgehead atoms. The predicted molar refractivity (Wildman–Crippen MR) is 154 cm³/mol. The quantitative estimate of drug-likeness (QED) is 0.409. The molecule has 0 unspecified atom stereocenters. The Morgan fingerprint density at radius 2 is 1.77 bits per heavy atom. The summed E-state index contributed by atoms with van der Waals surface area (Å²) in [6.45, 7) is 8.63. The third-order valence-corrected chi connectivity index (χ3v) is 8.26. The van der Waals surface area contributed by atoms with Crippen LogP contribution in [0, 0.1) is 0 Å². The van der Waals surface area contributed by atoms with Gasteiger partial charge in [0.15, 0.2) is 0 Å². The number of nitrogens with one attached hydrogen (secondary N) is 2. The monoisotopic (exact) mass is 530 g/mol. The normalized spacial score (nSPS) is 18.7. The van der Waals surface area contributed by atoms with E-state index < -0.39 is 11.6 Å². The minimum Gasteiger partial charge on any atom is -0.352 e. The van der Waals surface area contributed by atoms with E-state index in [0.717, 1.165) is 37.7 Å². The van der Waals surface area contributed by atoms with Crippen molar-refractivity contribution < 1.29 is 14.4 Å². The first kappa shape index (κ1) is 28.6. The fourth-order valence-corrected chi connectivity index (χ4v) is 6.03. The van der Waals surface area contributed by atoms with Gasteiger partial charge in [0, 0.05) is 25.0 Å². The number of hydrogen-bond donors (Lipinski definition) is 3. The van der Waals surface area contributed by atoms with Crippen molar-refractivity contribution in [3.05, 3.63) is 83.9 Å². The Hall–Kier alpha value is -3.45. The van der Waals surface area contributed by atoms with E-state index in [0.29, 0.717) is 26.1 Å². The van der Waals surface area contributed by atoms with Gasteiger partial charge in [-0.25, -0.2) is 0 Å². The third-order valence-electron chi connectivity index (χ3n) is 8.26. The summed E-state index contributed by atoms with van der Waals surface area (Å²) in [4.78, 5) is 41.4. The average molecular weight is 531 g/mol. The SMILES string of the molecule is C=CCNC(=O)[C@@H]1CC2(CCN(C(=O)[C@@H](CCCc3ccccc3)NC(=O)C(C)(C)N)CC2)c2ccccc21. The van der Waals surface area contributed by atoms with Crippen LogP contribution in [0.5, 0.6) is 0 Å². The Bertz CT molecular complexity index is 1180. The second-order valence-corrected chi connectivity index (χ2v) is 11.6. The van der Waals surface area contributed by atoms with Crippen molar-refractivity contribution in [3.8, 4) is 0 Å². The molecule has 208 valence electrons. The van der Waals surface area contributed by atoms with E-state index in [4.69, 9.17) is 5.73 Å². The summed E-state index contributed by atoms with van der Waals surface area (Å²) >= 11 is 0. The molecular weight excluding hydrogens is 488 g/mol. The molecule has 7 heteroatoms. The highest BCUT2D eigenvalue weighted by molar-refractivity contribution is 5.91. The molecule has 1 spiro atoms. The van der Waals surface area contributed by atoms with Crippen LogP contribution in [0.15, 0.2) is 67.3 Å². The van der Waals surface area contributed by atoms with Crippen molar-refractivity contribution in [2.24, 2.45) is 5.73 Å². The molecule has 2 aliphatic rings. The molecule has 2 aromatic rings. The van der Waals surface area contributed by atoms with Crippen LogP contribution in [0.4, 0.5) is 0 Å². The second kappa shape index (κ2) is 12.2. The maximum absolute atomic E-state index is 13.7. The fraction of sp³-hybridized carbons (Fsp3) is 0.469. The lowest BCUT2D eigenvalue weighted by molar-refractivity contribution is -0.139. The maximum Gasteiger partial charge on any atom is 0.245 e. The van der Waals surface area contributed by atoms with Crippen LogP contribution < -0.4 is 16.4 Å². The summed E-state index contributed by atoms with van der Waals surface area (Å²) < 4.78 is 0. The summed E-state index contributed by atoms with van der Waals surface area (Å²) in [7, 11) is 0. The third kappa shape index (κ3) is 6.59. The van der Waals surface area contributed by atoms with Crippen molar-refractivity contribution in [3.63, 3.8) is 0 Å². The average Bonchev–Trinajstić information content (AvgIpc) is 3.25. The smallest absolute Gasteiger partial charge is 0.245 e. The molecule has 1 saturated heterocycles. The number of aryl methyl sites for hydroxylation is 1. The maximum atomic E-state index is 13.7. The number of likely N-dealkylation sites (tertiary alicyclic amines) is 1. The number of nitrogens with zero attached hydrogens (tertiary/aromatic N) is 1. The molecule has 1 heterocycles. The Balaban J connectivity index is 1.44. The first-order valence-corrected chi connectivity index (χ1v) is 14.1.